The number of nitrogens with one attached hydrogen (secondary N) is 1. The topological polar surface area (TPSA) is 154 Å². The highest BCUT2D eigenvalue weighted by Gasteiger charge is 2.33. The van der Waals surface area contributed by atoms with Crippen molar-refractivity contribution in [2.24, 2.45) is 0 Å². The zero-order chi connectivity index (χ0) is 20.4. The molecule has 0 saturated heterocycles. The number of carbonyl (C=O) groups excluding carboxylic acids is 3. The second-order valence-electron chi connectivity index (χ2n) is 5.49. The number of aryl methyl sites for hydroxylation is 1. The number of carbonyl (C=O) groups is 3. The lowest BCUT2D eigenvalue weighted by atomic mass is 10.3. The normalized spacial score (nSPS) is 12.8. The standard InChI is InChI=1S/C15H13N5O7S/c1-7-12(14(23)26-2)28-15(16-7)18-10(21)5-19-11(22)6-27-8-3-4-9(20(24)25)17-13(8)19/h3-4H,5-6H2,1-2H3,(H,16,18,21). The Balaban J connectivity index is 1.79. The van der Waals surface area contributed by atoms with E-state index in [-0.39, 0.29) is 28.2 Å². The molecule has 2 aromatic rings. The summed E-state index contributed by atoms with van der Waals surface area (Å²) in [5, 5.41) is 13.6. The van der Waals surface area contributed by atoms with Crippen molar-refractivity contribution in [2.45, 2.75) is 6.92 Å². The van der Waals surface area contributed by atoms with Crippen LogP contribution in [0.1, 0.15) is 15.4 Å². The molecule has 0 aliphatic carbocycles. The highest BCUT2D eigenvalue weighted by atomic mass is 32.1. The van der Waals surface area contributed by atoms with Gasteiger partial charge in [-0.3, -0.25) is 14.5 Å². The molecular formula is C15H13N5O7S. The summed E-state index contributed by atoms with van der Waals surface area (Å²) in [6.45, 7) is 0.793. The molecule has 2 amide bonds. The number of hydrogen-bond acceptors (Lipinski definition) is 10. The number of amides is 2. The summed E-state index contributed by atoms with van der Waals surface area (Å²) >= 11 is 0.925. The van der Waals surface area contributed by atoms with E-state index in [2.05, 4.69) is 20.0 Å². The number of hydrogen-bond donors (Lipinski definition) is 1. The Bertz CT molecular complexity index is 989. The fraction of sp³-hybridized carbons (Fsp3) is 0.267. The van der Waals surface area contributed by atoms with Crippen LogP contribution >= 0.6 is 11.3 Å². The average Bonchev–Trinajstić information content (AvgIpc) is 3.02. The predicted octanol–water partition coefficient (Wildman–Crippen LogP) is 0.905. The van der Waals surface area contributed by atoms with Gasteiger partial charge in [0.05, 0.1) is 12.8 Å². The third-order valence-corrected chi connectivity index (χ3v) is 4.69. The number of rotatable bonds is 5. The van der Waals surface area contributed by atoms with Crippen LogP contribution < -0.4 is 15.0 Å². The molecule has 13 heteroatoms. The molecule has 3 heterocycles. The van der Waals surface area contributed by atoms with E-state index in [1.165, 1.54) is 13.2 Å². The first kappa shape index (κ1) is 19.2. The second kappa shape index (κ2) is 7.56. The van der Waals surface area contributed by atoms with Crippen LogP contribution in [0.5, 0.6) is 5.75 Å². The first-order valence-electron chi connectivity index (χ1n) is 7.74. The molecule has 0 fully saturated rings. The Morgan fingerprint density at radius 2 is 2.18 bits per heavy atom. The number of thiazole rings is 1. The lowest BCUT2D eigenvalue weighted by Gasteiger charge is -2.24. The maximum atomic E-state index is 12.4. The summed E-state index contributed by atoms with van der Waals surface area (Å²) in [4.78, 5) is 55.4. The van der Waals surface area contributed by atoms with Gasteiger partial charge in [-0.2, -0.15) is 0 Å². The molecule has 12 nitrogen and oxygen atoms in total. The number of nitro groups is 1. The third kappa shape index (κ3) is 3.73. The first-order valence-corrected chi connectivity index (χ1v) is 8.56. The summed E-state index contributed by atoms with van der Waals surface area (Å²) < 4.78 is 9.82. The summed E-state index contributed by atoms with van der Waals surface area (Å²) in [7, 11) is 1.23. The van der Waals surface area contributed by atoms with Gasteiger partial charge in [0.2, 0.25) is 5.91 Å². The Labute approximate surface area is 161 Å². The molecule has 3 rings (SSSR count). The third-order valence-electron chi connectivity index (χ3n) is 3.64. The minimum absolute atomic E-state index is 0.119. The highest BCUT2D eigenvalue weighted by Crippen LogP contribution is 2.32. The van der Waals surface area contributed by atoms with E-state index in [9.17, 15) is 24.5 Å². The summed E-state index contributed by atoms with van der Waals surface area (Å²) in [6.07, 6.45) is 0. The Kier molecular flexibility index (Phi) is 5.17. The number of pyridine rings is 1. The summed E-state index contributed by atoms with van der Waals surface area (Å²) in [6, 6.07) is 2.45. The van der Waals surface area contributed by atoms with E-state index >= 15 is 0 Å². The van der Waals surface area contributed by atoms with Gasteiger partial charge in [-0.15, -0.1) is 0 Å². The number of fused-ring (bicyclic) bond motifs is 1. The van der Waals surface area contributed by atoms with Gasteiger partial charge in [0.15, 0.2) is 17.5 Å². The Hall–Kier alpha value is -3.61. The number of ether oxygens (including phenoxy) is 2. The minimum atomic E-state index is -0.718. The van der Waals surface area contributed by atoms with E-state index in [0.29, 0.717) is 5.69 Å². The smallest absolute Gasteiger partial charge is 0.366 e. The maximum Gasteiger partial charge on any atom is 0.366 e. The highest BCUT2D eigenvalue weighted by molar-refractivity contribution is 7.17. The molecule has 0 radical (unpaired) electrons. The fourth-order valence-corrected chi connectivity index (χ4v) is 3.27. The molecule has 2 aromatic heterocycles. The van der Waals surface area contributed by atoms with Gasteiger partial charge in [0, 0.05) is 6.07 Å². The van der Waals surface area contributed by atoms with E-state index in [0.717, 1.165) is 22.3 Å². The molecule has 0 bridgehead atoms. The average molecular weight is 407 g/mol. The largest absolute Gasteiger partial charge is 0.477 e. The van der Waals surface area contributed by atoms with Gasteiger partial charge in [-0.05, 0) is 22.9 Å². The molecule has 0 unspecified atom stereocenters. The zero-order valence-corrected chi connectivity index (χ0v) is 15.4. The number of nitrogens with zero attached hydrogens (tertiary/aromatic N) is 4. The van der Waals surface area contributed by atoms with E-state index in [1.54, 1.807) is 6.92 Å². The predicted molar refractivity (Wildman–Crippen MR) is 95.6 cm³/mol. The summed E-state index contributed by atoms with van der Waals surface area (Å²) in [5.41, 5.74) is 0.386. The minimum Gasteiger partial charge on any atom is -0.477 e. The van der Waals surface area contributed by atoms with Crippen molar-refractivity contribution in [1.82, 2.24) is 9.97 Å². The zero-order valence-electron chi connectivity index (χ0n) is 14.6. The fourth-order valence-electron chi connectivity index (χ4n) is 2.37. The Morgan fingerprint density at radius 3 is 2.86 bits per heavy atom. The molecule has 1 aliphatic heterocycles. The molecule has 28 heavy (non-hydrogen) atoms. The molecule has 1 aliphatic rings. The summed E-state index contributed by atoms with van der Waals surface area (Å²) in [5.74, 6) is -2.24. The number of aromatic nitrogens is 2. The van der Waals surface area contributed by atoms with Crippen molar-refractivity contribution >= 4 is 45.9 Å². The quantitative estimate of drug-likeness (QED) is 0.432. The molecule has 0 saturated carbocycles. The molecular weight excluding hydrogens is 394 g/mol. The second-order valence-corrected chi connectivity index (χ2v) is 6.49. The Morgan fingerprint density at radius 1 is 1.43 bits per heavy atom. The van der Waals surface area contributed by atoms with Gasteiger partial charge in [-0.25, -0.2) is 9.78 Å². The van der Waals surface area contributed by atoms with Gasteiger partial charge >= 0.3 is 11.8 Å². The van der Waals surface area contributed by atoms with Gasteiger partial charge in [0.25, 0.3) is 11.7 Å². The SMILES string of the molecule is COC(=O)c1sc(NC(=O)CN2C(=O)COc3ccc([N+](=O)[O-])nc32)nc1C. The lowest BCUT2D eigenvalue weighted by molar-refractivity contribution is -0.389. The number of methoxy groups -OCH3 is 1. The molecule has 146 valence electrons. The van der Waals surface area contributed by atoms with Crippen LogP contribution in [-0.4, -0.2) is 52.9 Å². The van der Waals surface area contributed by atoms with Crippen molar-refractivity contribution < 1.29 is 28.8 Å². The van der Waals surface area contributed by atoms with Crippen molar-refractivity contribution in [1.29, 1.82) is 0 Å². The molecule has 1 N–H and O–H groups in total. The van der Waals surface area contributed by atoms with Gasteiger partial charge < -0.3 is 24.9 Å². The van der Waals surface area contributed by atoms with Crippen molar-refractivity contribution in [3.05, 3.63) is 32.8 Å². The number of esters is 1. The lowest BCUT2D eigenvalue weighted by Crippen LogP contribution is -2.44. The van der Waals surface area contributed by atoms with Crippen LogP contribution in [0.25, 0.3) is 0 Å². The molecule has 0 aromatic carbocycles. The van der Waals surface area contributed by atoms with E-state index in [1.807, 2.05) is 0 Å². The first-order chi connectivity index (χ1) is 13.3. The van der Waals surface area contributed by atoms with Gasteiger partial charge in [0.1, 0.15) is 11.4 Å². The van der Waals surface area contributed by atoms with Crippen LogP contribution in [0.2, 0.25) is 0 Å². The van der Waals surface area contributed by atoms with E-state index in [4.69, 9.17) is 4.74 Å². The number of anilines is 2. The van der Waals surface area contributed by atoms with Crippen molar-refractivity contribution in [2.75, 3.05) is 30.5 Å². The van der Waals surface area contributed by atoms with Crippen molar-refractivity contribution in [3.8, 4) is 5.75 Å². The van der Waals surface area contributed by atoms with E-state index < -0.39 is 35.1 Å². The van der Waals surface area contributed by atoms with Crippen LogP contribution in [0.3, 0.4) is 0 Å². The monoisotopic (exact) mass is 407 g/mol. The van der Waals surface area contributed by atoms with Crippen molar-refractivity contribution in [3.63, 3.8) is 0 Å². The van der Waals surface area contributed by atoms with Crippen LogP contribution in [0.4, 0.5) is 16.8 Å². The molecule has 0 atom stereocenters. The molecule has 0 spiro atoms. The van der Waals surface area contributed by atoms with Crippen LogP contribution in [0.15, 0.2) is 12.1 Å². The van der Waals surface area contributed by atoms with Crippen LogP contribution in [0, 0.1) is 17.0 Å². The maximum absolute atomic E-state index is 12.4. The van der Waals surface area contributed by atoms with Gasteiger partial charge in [-0.1, -0.05) is 11.3 Å². The van der Waals surface area contributed by atoms with Crippen LogP contribution in [-0.2, 0) is 14.3 Å².